The Morgan fingerprint density at radius 1 is 1.83 bits per heavy atom. The van der Waals surface area contributed by atoms with E-state index in [4.69, 9.17) is 13.3 Å². The van der Waals surface area contributed by atoms with Gasteiger partial charge in [-0.15, -0.1) is 0 Å². The lowest BCUT2D eigenvalue weighted by Crippen LogP contribution is -1.75. The van der Waals surface area contributed by atoms with Crippen molar-refractivity contribution in [1.29, 1.82) is 0 Å². The Bertz CT molecular complexity index is 33.8. The average molecular weight is 112 g/mol. The van der Waals surface area contributed by atoms with Crippen molar-refractivity contribution >= 4 is 11.4 Å². The van der Waals surface area contributed by atoms with Gasteiger partial charge in [-0.2, -0.15) is 0 Å². The Hall–Kier alpha value is 0.0300. The van der Waals surface area contributed by atoms with Crippen LogP contribution < -0.4 is 5.73 Å². The molecule has 0 aliphatic rings. The second-order valence-corrected chi connectivity index (χ2v) is 0.651. The van der Waals surface area contributed by atoms with Crippen LogP contribution >= 0.6 is 0 Å². The molecule has 6 heavy (non-hydrogen) atoms. The number of rotatable bonds is 0. The van der Waals surface area contributed by atoms with E-state index in [0.29, 0.717) is 0 Å². The van der Waals surface area contributed by atoms with E-state index >= 15 is 0 Å². The summed E-state index contributed by atoms with van der Waals surface area (Å²) >= 11 is -2.86. The lowest BCUT2D eigenvalue weighted by atomic mass is 11.6. The normalized spacial score (nSPS) is 11.3. The Kier molecular flexibility index (Phi) is 13.9. The van der Waals surface area contributed by atoms with Crippen molar-refractivity contribution in [2.45, 2.75) is 0 Å². The van der Waals surface area contributed by atoms with E-state index in [0.717, 1.165) is 0 Å². The molecule has 0 rings (SSSR count). The van der Waals surface area contributed by atoms with Crippen LogP contribution in [-0.2, 0) is 11.4 Å². The zero-order valence-electron chi connectivity index (χ0n) is 3.25. The van der Waals surface area contributed by atoms with Crippen LogP contribution in [0.25, 0.3) is 0 Å². The number of hydrogen-bond donors (Lipinski definition) is 2. The van der Waals surface area contributed by atoms with Crippen LogP contribution in [0.4, 0.5) is 0 Å². The van der Waals surface area contributed by atoms with Gasteiger partial charge in [-0.25, -0.2) is 4.21 Å². The van der Waals surface area contributed by atoms with Crippen molar-refractivity contribution in [2.75, 3.05) is 7.05 Å². The van der Waals surface area contributed by atoms with Gasteiger partial charge in [0.15, 0.2) is 0 Å². The molecule has 0 fully saturated rings. The van der Waals surface area contributed by atoms with Gasteiger partial charge in [0, 0.05) is 0 Å². The zero-order valence-corrected chi connectivity index (χ0v) is 4.07. The second-order valence-electron chi connectivity index (χ2n) is 0.217. The predicted molar refractivity (Wildman–Crippen MR) is 21.7 cm³/mol. The van der Waals surface area contributed by atoms with Gasteiger partial charge in [0.1, 0.15) is 0 Å². The van der Waals surface area contributed by atoms with E-state index in [9.17, 15) is 0 Å². The standard InChI is InChI=1S/CH5N.H2O3S/c1-2;1-4(2)3/h2H2,1H3;(H2,1,2,3)/p-1. The third-order valence-electron chi connectivity index (χ3n) is 0. The summed E-state index contributed by atoms with van der Waals surface area (Å²) in [6.45, 7) is 0. The van der Waals surface area contributed by atoms with Crippen molar-refractivity contribution in [3.05, 3.63) is 0 Å². The molecule has 0 heterocycles. The third kappa shape index (κ3) is 41100. The molecule has 0 radical (unpaired) electrons. The average Bonchev–Trinajstić information content (AvgIpc) is 1.41. The van der Waals surface area contributed by atoms with E-state index in [2.05, 4.69) is 5.73 Å². The Labute approximate surface area is 38.5 Å². The van der Waals surface area contributed by atoms with Crippen LogP contribution in [0.5, 0.6) is 0 Å². The molecule has 0 aromatic heterocycles. The van der Waals surface area contributed by atoms with Crippen molar-refractivity contribution in [1.82, 2.24) is 0 Å². The summed E-state index contributed by atoms with van der Waals surface area (Å²) in [5.41, 5.74) is 4.50. The summed E-state index contributed by atoms with van der Waals surface area (Å²) in [6, 6.07) is 0. The second kappa shape index (κ2) is 8.90. The fourth-order valence-corrected chi connectivity index (χ4v) is 0. The zero-order chi connectivity index (χ0) is 5.58. The van der Waals surface area contributed by atoms with E-state index in [1.807, 2.05) is 0 Å². The highest BCUT2D eigenvalue weighted by atomic mass is 32.2. The van der Waals surface area contributed by atoms with Crippen molar-refractivity contribution < 1.29 is 13.3 Å². The molecule has 0 aliphatic carbocycles. The van der Waals surface area contributed by atoms with Gasteiger partial charge in [0.25, 0.3) is 0 Å². The lowest BCUT2D eigenvalue weighted by molar-refractivity contribution is 0.436. The van der Waals surface area contributed by atoms with Crippen molar-refractivity contribution in [3.63, 3.8) is 0 Å². The lowest BCUT2D eigenvalue weighted by Gasteiger charge is -1.83. The number of hydrogen-bond acceptors (Lipinski definition) is 3. The Balaban J connectivity index is 0. The first-order valence-corrected chi connectivity index (χ1v) is 2.13. The first kappa shape index (κ1) is 9.39. The van der Waals surface area contributed by atoms with Gasteiger partial charge < -0.3 is 14.8 Å². The first-order chi connectivity index (χ1) is 2.73. The van der Waals surface area contributed by atoms with Crippen LogP contribution in [0.2, 0.25) is 0 Å². The minimum absolute atomic E-state index is 1.50. The summed E-state index contributed by atoms with van der Waals surface area (Å²) < 4.78 is 24.1. The highest BCUT2D eigenvalue weighted by Gasteiger charge is 1.42. The molecule has 0 bridgehead atoms. The van der Waals surface area contributed by atoms with Crippen LogP contribution in [0.15, 0.2) is 0 Å². The Morgan fingerprint density at radius 3 is 1.83 bits per heavy atom. The minimum atomic E-state index is -2.86. The molecule has 3 N–H and O–H groups in total. The van der Waals surface area contributed by atoms with E-state index in [1.54, 1.807) is 0 Å². The van der Waals surface area contributed by atoms with Crippen LogP contribution in [0.3, 0.4) is 0 Å². The van der Waals surface area contributed by atoms with Crippen LogP contribution in [0.1, 0.15) is 0 Å². The molecule has 0 amide bonds. The molecule has 0 spiro atoms. The smallest absolute Gasteiger partial charge is 0.0814 e. The molecule has 1 unspecified atom stereocenters. The van der Waals surface area contributed by atoms with Gasteiger partial charge in [-0.1, -0.05) is 0 Å². The third-order valence-corrected chi connectivity index (χ3v) is 0. The maximum atomic E-state index is 8.56. The van der Waals surface area contributed by atoms with Gasteiger partial charge in [-0.05, 0) is 7.05 Å². The summed E-state index contributed by atoms with van der Waals surface area (Å²) in [4.78, 5) is 0. The molecular formula is CH6NO3S-. The molecule has 0 aliphatic heterocycles. The molecular weight excluding hydrogens is 106 g/mol. The van der Waals surface area contributed by atoms with Crippen LogP contribution in [-0.4, -0.2) is 20.4 Å². The molecule has 0 aromatic carbocycles. The van der Waals surface area contributed by atoms with E-state index < -0.39 is 11.4 Å². The Morgan fingerprint density at radius 2 is 1.83 bits per heavy atom. The molecule has 0 saturated carbocycles. The van der Waals surface area contributed by atoms with Gasteiger partial charge in [-0.3, -0.25) is 0 Å². The maximum Gasteiger partial charge on any atom is 0.0814 e. The largest absolute Gasteiger partial charge is 0.750 e. The summed E-state index contributed by atoms with van der Waals surface area (Å²) in [5.74, 6) is 0. The fourth-order valence-electron chi connectivity index (χ4n) is 0. The molecule has 5 heteroatoms. The number of nitrogens with two attached hydrogens (primary N) is 1. The SMILES string of the molecule is CN.O=S([O-])O. The highest BCUT2D eigenvalue weighted by Crippen LogP contribution is 1.43. The minimum Gasteiger partial charge on any atom is -0.750 e. The summed E-state index contributed by atoms with van der Waals surface area (Å²) in [5, 5.41) is 0. The van der Waals surface area contributed by atoms with Gasteiger partial charge >= 0.3 is 0 Å². The summed E-state index contributed by atoms with van der Waals surface area (Å²) in [7, 11) is 1.50. The topological polar surface area (TPSA) is 86.4 Å². The monoisotopic (exact) mass is 112 g/mol. The highest BCUT2D eigenvalue weighted by molar-refractivity contribution is 7.73. The van der Waals surface area contributed by atoms with Crippen molar-refractivity contribution in [3.8, 4) is 0 Å². The predicted octanol–water partition coefficient (Wildman–Crippen LogP) is -1.09. The fraction of sp³-hybridized carbons (Fsp3) is 1.00. The molecule has 4 nitrogen and oxygen atoms in total. The van der Waals surface area contributed by atoms with Crippen LogP contribution in [0, 0.1) is 0 Å². The van der Waals surface area contributed by atoms with E-state index in [-0.39, 0.29) is 0 Å². The molecule has 1 atom stereocenters. The quantitative estimate of drug-likeness (QED) is 0.390. The molecule has 40 valence electrons. The summed E-state index contributed by atoms with van der Waals surface area (Å²) in [6.07, 6.45) is 0. The maximum absolute atomic E-state index is 8.56. The van der Waals surface area contributed by atoms with Gasteiger partial charge in [0.05, 0.1) is 11.4 Å². The molecule has 0 saturated heterocycles. The van der Waals surface area contributed by atoms with Crippen molar-refractivity contribution in [2.24, 2.45) is 5.73 Å². The van der Waals surface area contributed by atoms with Gasteiger partial charge in [0.2, 0.25) is 0 Å². The molecule has 0 aromatic rings. The first-order valence-electron chi connectivity index (χ1n) is 1.09. The van der Waals surface area contributed by atoms with E-state index in [1.165, 1.54) is 7.05 Å².